The lowest BCUT2D eigenvalue weighted by Crippen LogP contribution is -2.43. The number of alkyl halides is 3. The van der Waals surface area contributed by atoms with E-state index in [2.05, 4.69) is 11.9 Å². The highest BCUT2D eigenvalue weighted by Crippen LogP contribution is 2.22. The van der Waals surface area contributed by atoms with E-state index in [-0.39, 0.29) is 6.42 Å². The summed E-state index contributed by atoms with van der Waals surface area (Å²) in [6, 6.07) is 0. The number of nitrogens with two attached hydrogens (primary N) is 1. The number of hydrogen-bond donors (Lipinski definition) is 1. The Morgan fingerprint density at radius 1 is 1.39 bits per heavy atom. The average Bonchev–Trinajstić information content (AvgIpc) is 2.26. The number of likely N-dealkylation sites (tertiary alicyclic amines) is 1. The number of halogens is 3. The molecule has 106 valence electrons. The standard InChI is InChI=1S/C12H22F3N3/c1-10-5-4-8-18(9-10)11(16)17-7-3-2-6-12(13,14)15/h10H,2-9H2,1H3,(H2,16,17). The predicted molar refractivity (Wildman–Crippen MR) is 66.4 cm³/mol. The number of hydrogen-bond acceptors (Lipinski definition) is 1. The summed E-state index contributed by atoms with van der Waals surface area (Å²) in [4.78, 5) is 6.18. The van der Waals surface area contributed by atoms with Gasteiger partial charge in [0.2, 0.25) is 0 Å². The smallest absolute Gasteiger partial charge is 0.370 e. The van der Waals surface area contributed by atoms with Crippen molar-refractivity contribution in [3.8, 4) is 0 Å². The Hall–Kier alpha value is -0.940. The van der Waals surface area contributed by atoms with Crippen LogP contribution >= 0.6 is 0 Å². The highest BCUT2D eigenvalue weighted by molar-refractivity contribution is 5.78. The molecule has 0 bridgehead atoms. The van der Waals surface area contributed by atoms with Gasteiger partial charge in [-0.3, -0.25) is 4.99 Å². The van der Waals surface area contributed by atoms with Gasteiger partial charge in [-0.25, -0.2) is 0 Å². The van der Waals surface area contributed by atoms with Crippen LogP contribution < -0.4 is 5.73 Å². The Kier molecular flexibility index (Phi) is 5.75. The van der Waals surface area contributed by atoms with Crippen molar-refractivity contribution in [1.82, 2.24) is 4.90 Å². The third-order valence-corrected chi connectivity index (χ3v) is 3.12. The molecule has 0 radical (unpaired) electrons. The van der Waals surface area contributed by atoms with Crippen LogP contribution in [-0.2, 0) is 0 Å². The molecular weight excluding hydrogens is 243 g/mol. The van der Waals surface area contributed by atoms with Crippen molar-refractivity contribution in [2.45, 2.75) is 45.2 Å². The van der Waals surface area contributed by atoms with E-state index < -0.39 is 12.6 Å². The second kappa shape index (κ2) is 6.85. The maximum atomic E-state index is 11.9. The van der Waals surface area contributed by atoms with Gasteiger partial charge in [-0.15, -0.1) is 0 Å². The van der Waals surface area contributed by atoms with Crippen molar-refractivity contribution in [3.63, 3.8) is 0 Å². The van der Waals surface area contributed by atoms with Crippen molar-refractivity contribution in [2.24, 2.45) is 16.6 Å². The van der Waals surface area contributed by atoms with Crippen molar-refractivity contribution in [1.29, 1.82) is 0 Å². The Morgan fingerprint density at radius 2 is 2.11 bits per heavy atom. The van der Waals surface area contributed by atoms with Gasteiger partial charge in [-0.2, -0.15) is 13.2 Å². The fourth-order valence-electron chi connectivity index (χ4n) is 2.13. The summed E-state index contributed by atoms with van der Waals surface area (Å²) in [7, 11) is 0. The molecule has 2 N–H and O–H groups in total. The van der Waals surface area contributed by atoms with Crippen LogP contribution in [0.2, 0.25) is 0 Å². The van der Waals surface area contributed by atoms with Crippen LogP contribution in [0, 0.1) is 5.92 Å². The van der Waals surface area contributed by atoms with E-state index in [1.54, 1.807) is 0 Å². The first-order valence-electron chi connectivity index (χ1n) is 6.50. The molecule has 6 heteroatoms. The number of piperidine rings is 1. The molecule has 0 aromatic rings. The Labute approximate surface area is 106 Å². The lowest BCUT2D eigenvalue weighted by atomic mass is 10.0. The van der Waals surface area contributed by atoms with Gasteiger partial charge in [0.1, 0.15) is 0 Å². The molecule has 0 amide bonds. The van der Waals surface area contributed by atoms with Crippen molar-refractivity contribution < 1.29 is 13.2 Å². The van der Waals surface area contributed by atoms with E-state index in [1.165, 1.54) is 6.42 Å². The number of aliphatic imine (C=N–C) groups is 1. The van der Waals surface area contributed by atoms with Gasteiger partial charge < -0.3 is 10.6 Å². The fourth-order valence-corrected chi connectivity index (χ4v) is 2.13. The van der Waals surface area contributed by atoms with Crippen LogP contribution in [0.3, 0.4) is 0 Å². The van der Waals surface area contributed by atoms with Gasteiger partial charge in [-0.1, -0.05) is 6.92 Å². The van der Waals surface area contributed by atoms with Crippen LogP contribution in [0.15, 0.2) is 4.99 Å². The van der Waals surface area contributed by atoms with Gasteiger partial charge >= 0.3 is 6.18 Å². The first-order valence-corrected chi connectivity index (χ1v) is 6.50. The van der Waals surface area contributed by atoms with Crippen molar-refractivity contribution in [2.75, 3.05) is 19.6 Å². The van der Waals surface area contributed by atoms with E-state index in [0.29, 0.717) is 24.8 Å². The Morgan fingerprint density at radius 3 is 2.72 bits per heavy atom. The second-order valence-corrected chi connectivity index (χ2v) is 5.01. The van der Waals surface area contributed by atoms with E-state index >= 15 is 0 Å². The molecule has 1 atom stereocenters. The first kappa shape index (κ1) is 15.1. The summed E-state index contributed by atoms with van der Waals surface area (Å²) in [6.45, 7) is 4.36. The van der Waals surface area contributed by atoms with Crippen LogP contribution in [-0.4, -0.2) is 36.7 Å². The molecule has 3 nitrogen and oxygen atoms in total. The van der Waals surface area contributed by atoms with Crippen LogP contribution in [0.25, 0.3) is 0 Å². The van der Waals surface area contributed by atoms with E-state index in [4.69, 9.17) is 5.73 Å². The quantitative estimate of drug-likeness (QED) is 0.482. The second-order valence-electron chi connectivity index (χ2n) is 5.01. The molecule has 1 rings (SSSR count). The minimum absolute atomic E-state index is 0.122. The SMILES string of the molecule is CC1CCCN(C(N)=NCCCCC(F)(F)F)C1. The Bertz CT molecular complexity index is 276. The number of guanidine groups is 1. The molecule has 1 unspecified atom stereocenters. The summed E-state index contributed by atoms with van der Waals surface area (Å²) in [5, 5.41) is 0. The minimum Gasteiger partial charge on any atom is -0.370 e. The highest BCUT2D eigenvalue weighted by Gasteiger charge is 2.25. The zero-order valence-electron chi connectivity index (χ0n) is 10.8. The molecule has 0 aromatic carbocycles. The monoisotopic (exact) mass is 265 g/mol. The zero-order chi connectivity index (χ0) is 13.6. The molecule has 1 aliphatic rings. The van der Waals surface area contributed by atoms with Crippen LogP contribution in [0.1, 0.15) is 39.0 Å². The van der Waals surface area contributed by atoms with Gasteiger partial charge in [0.25, 0.3) is 0 Å². The van der Waals surface area contributed by atoms with Gasteiger partial charge in [0.05, 0.1) is 0 Å². The minimum atomic E-state index is -4.06. The highest BCUT2D eigenvalue weighted by atomic mass is 19.4. The summed E-state index contributed by atoms with van der Waals surface area (Å²) in [5.41, 5.74) is 5.83. The molecule has 1 saturated heterocycles. The number of nitrogens with zero attached hydrogens (tertiary/aromatic N) is 2. The molecule has 1 fully saturated rings. The molecule has 0 saturated carbocycles. The summed E-state index contributed by atoms with van der Waals surface area (Å²) in [6.07, 6.45) is -1.93. The average molecular weight is 265 g/mol. The van der Waals surface area contributed by atoms with Crippen LogP contribution in [0.5, 0.6) is 0 Å². The van der Waals surface area contributed by atoms with Crippen LogP contribution in [0.4, 0.5) is 13.2 Å². The zero-order valence-corrected chi connectivity index (χ0v) is 10.8. The molecular formula is C12H22F3N3. The molecule has 0 spiro atoms. The molecule has 0 aliphatic carbocycles. The molecule has 0 aromatic heterocycles. The molecule has 18 heavy (non-hydrogen) atoms. The lowest BCUT2D eigenvalue weighted by molar-refractivity contribution is -0.135. The summed E-state index contributed by atoms with van der Waals surface area (Å²) in [5.74, 6) is 1.09. The van der Waals surface area contributed by atoms with Gasteiger partial charge in [0.15, 0.2) is 5.96 Å². The summed E-state index contributed by atoms with van der Waals surface area (Å²) < 4.78 is 35.7. The van der Waals surface area contributed by atoms with Crippen molar-refractivity contribution in [3.05, 3.63) is 0 Å². The Balaban J connectivity index is 2.21. The number of rotatable bonds is 4. The molecule has 1 aliphatic heterocycles. The van der Waals surface area contributed by atoms with Gasteiger partial charge in [0, 0.05) is 26.1 Å². The number of unbranched alkanes of at least 4 members (excludes halogenated alkanes) is 1. The lowest BCUT2D eigenvalue weighted by Gasteiger charge is -2.31. The van der Waals surface area contributed by atoms with E-state index in [1.807, 2.05) is 4.90 Å². The molecule has 1 heterocycles. The van der Waals surface area contributed by atoms with Gasteiger partial charge in [-0.05, 0) is 31.6 Å². The maximum Gasteiger partial charge on any atom is 0.389 e. The maximum absolute atomic E-state index is 11.9. The van der Waals surface area contributed by atoms with Crippen molar-refractivity contribution >= 4 is 5.96 Å². The predicted octanol–water partition coefficient (Wildman–Crippen LogP) is 2.77. The first-order chi connectivity index (χ1) is 8.38. The van der Waals surface area contributed by atoms with E-state index in [0.717, 1.165) is 19.5 Å². The topological polar surface area (TPSA) is 41.6 Å². The summed E-state index contributed by atoms with van der Waals surface area (Å²) >= 11 is 0. The van der Waals surface area contributed by atoms with E-state index in [9.17, 15) is 13.2 Å². The third kappa shape index (κ3) is 6.12. The fraction of sp³-hybridized carbons (Fsp3) is 0.917. The third-order valence-electron chi connectivity index (χ3n) is 3.12. The normalized spacial score (nSPS) is 22.3. The largest absolute Gasteiger partial charge is 0.389 e.